The van der Waals surface area contributed by atoms with Gasteiger partial charge in [-0.1, -0.05) is 0 Å². The maximum absolute atomic E-state index is 11.5. The second-order valence-electron chi connectivity index (χ2n) is 5.21. The summed E-state index contributed by atoms with van der Waals surface area (Å²) in [6, 6.07) is 0. The van der Waals surface area contributed by atoms with Crippen LogP contribution >= 0.6 is 0 Å². The first-order valence-electron chi connectivity index (χ1n) is 5.49. The number of hydrogen-bond donors (Lipinski definition) is 2. The molecule has 2 N–H and O–H groups in total. The molecule has 0 aliphatic rings. The number of carbonyl (C=O) groups excluding carboxylic acids is 1. The molecule has 0 radical (unpaired) electrons. The van der Waals surface area contributed by atoms with Crippen molar-refractivity contribution in [3.05, 3.63) is 0 Å². The second kappa shape index (κ2) is 6.56. The SMILES string of the molecule is CC(CO)C(=O)OC(CC(=O)O)C[N+](C)(C)C. The Morgan fingerprint density at radius 1 is 1.29 bits per heavy atom. The van der Waals surface area contributed by atoms with Gasteiger partial charge in [-0.05, 0) is 6.92 Å². The Morgan fingerprint density at radius 2 is 1.82 bits per heavy atom. The van der Waals surface area contributed by atoms with Crippen LogP contribution in [-0.2, 0) is 14.3 Å². The summed E-state index contributed by atoms with van der Waals surface area (Å²) in [5.41, 5.74) is 0. The predicted octanol–water partition coefficient (Wildman–Crippen LogP) is -0.292. The minimum absolute atomic E-state index is 0.223. The molecule has 100 valence electrons. The summed E-state index contributed by atoms with van der Waals surface area (Å²) >= 11 is 0. The van der Waals surface area contributed by atoms with E-state index in [4.69, 9.17) is 14.9 Å². The Morgan fingerprint density at radius 3 is 2.18 bits per heavy atom. The van der Waals surface area contributed by atoms with Crippen LogP contribution in [0.15, 0.2) is 0 Å². The number of aliphatic hydroxyl groups excluding tert-OH is 1. The molecular weight excluding hydrogens is 226 g/mol. The molecule has 0 aromatic heterocycles. The summed E-state index contributed by atoms with van der Waals surface area (Å²) in [6.07, 6.45) is -0.895. The fourth-order valence-electron chi connectivity index (χ4n) is 1.30. The van der Waals surface area contributed by atoms with Crippen molar-refractivity contribution in [2.75, 3.05) is 34.3 Å². The van der Waals surface area contributed by atoms with Gasteiger partial charge in [0, 0.05) is 0 Å². The van der Waals surface area contributed by atoms with Gasteiger partial charge in [-0.15, -0.1) is 0 Å². The van der Waals surface area contributed by atoms with Crippen molar-refractivity contribution in [3.8, 4) is 0 Å². The average Bonchev–Trinajstić information content (AvgIpc) is 2.12. The van der Waals surface area contributed by atoms with E-state index in [0.29, 0.717) is 11.0 Å². The van der Waals surface area contributed by atoms with E-state index < -0.39 is 24.0 Å². The Kier molecular flexibility index (Phi) is 6.12. The smallest absolute Gasteiger partial charge is 0.311 e. The van der Waals surface area contributed by atoms with E-state index in [1.54, 1.807) is 0 Å². The monoisotopic (exact) mass is 248 g/mol. The molecule has 6 nitrogen and oxygen atoms in total. The average molecular weight is 248 g/mol. The molecule has 2 atom stereocenters. The number of quaternary nitrogens is 1. The summed E-state index contributed by atoms with van der Waals surface area (Å²) in [4.78, 5) is 22.1. The minimum Gasteiger partial charge on any atom is -0.481 e. The van der Waals surface area contributed by atoms with E-state index in [2.05, 4.69) is 0 Å². The van der Waals surface area contributed by atoms with E-state index in [9.17, 15) is 9.59 Å². The number of nitrogens with zero attached hydrogens (tertiary/aromatic N) is 1. The normalized spacial score (nSPS) is 15.1. The summed E-state index contributed by atoms with van der Waals surface area (Å²) in [5, 5.41) is 17.6. The molecule has 0 aliphatic heterocycles. The Labute approximate surface area is 101 Å². The molecular formula is C11H22NO5+. The highest BCUT2D eigenvalue weighted by atomic mass is 16.5. The summed E-state index contributed by atoms with van der Waals surface area (Å²) in [5.74, 6) is -2.20. The lowest BCUT2D eigenvalue weighted by Gasteiger charge is -2.28. The standard InChI is InChI=1S/C11H21NO5/c1-8(7-13)11(16)17-9(5-10(14)15)6-12(2,3)4/h8-9,13H,5-7H2,1-4H3/p+1. The molecule has 6 heteroatoms. The van der Waals surface area contributed by atoms with Crippen molar-refractivity contribution in [1.82, 2.24) is 0 Å². The highest BCUT2D eigenvalue weighted by molar-refractivity contribution is 5.73. The first-order valence-corrected chi connectivity index (χ1v) is 5.49. The molecule has 0 aromatic rings. The van der Waals surface area contributed by atoms with Gasteiger partial charge in [0.2, 0.25) is 0 Å². The van der Waals surface area contributed by atoms with Crippen molar-refractivity contribution >= 4 is 11.9 Å². The van der Waals surface area contributed by atoms with Gasteiger partial charge in [-0.25, -0.2) is 0 Å². The Hall–Kier alpha value is -1.14. The molecule has 0 spiro atoms. The van der Waals surface area contributed by atoms with E-state index in [-0.39, 0.29) is 13.0 Å². The number of carboxylic acids is 1. The predicted molar refractivity (Wildman–Crippen MR) is 61.3 cm³/mol. The number of aliphatic carboxylic acids is 1. The molecule has 2 unspecified atom stereocenters. The van der Waals surface area contributed by atoms with Crippen molar-refractivity contribution in [2.45, 2.75) is 19.4 Å². The Bertz CT molecular complexity index is 272. The number of ether oxygens (including phenoxy) is 1. The molecule has 0 saturated heterocycles. The maximum atomic E-state index is 11.5. The minimum atomic E-state index is -1.01. The summed E-state index contributed by atoms with van der Waals surface area (Å²) < 4.78 is 5.59. The van der Waals surface area contributed by atoms with Crippen LogP contribution < -0.4 is 0 Å². The van der Waals surface area contributed by atoms with Crippen LogP contribution in [0.2, 0.25) is 0 Å². The fourth-order valence-corrected chi connectivity index (χ4v) is 1.30. The molecule has 0 heterocycles. The van der Waals surface area contributed by atoms with Gasteiger partial charge < -0.3 is 19.4 Å². The highest BCUT2D eigenvalue weighted by Gasteiger charge is 2.26. The molecule has 0 aliphatic carbocycles. The molecule has 17 heavy (non-hydrogen) atoms. The van der Waals surface area contributed by atoms with E-state index in [1.807, 2.05) is 21.1 Å². The largest absolute Gasteiger partial charge is 0.481 e. The molecule has 0 amide bonds. The quantitative estimate of drug-likeness (QED) is 0.477. The van der Waals surface area contributed by atoms with Crippen LogP contribution in [0.5, 0.6) is 0 Å². The maximum Gasteiger partial charge on any atom is 0.311 e. The van der Waals surface area contributed by atoms with Gasteiger partial charge in [0.05, 0.1) is 40.1 Å². The number of aliphatic hydroxyl groups is 1. The zero-order chi connectivity index (χ0) is 13.6. The van der Waals surface area contributed by atoms with Crippen LogP contribution in [0.4, 0.5) is 0 Å². The van der Waals surface area contributed by atoms with Gasteiger partial charge >= 0.3 is 11.9 Å². The number of carboxylic acid groups (broad SMARTS) is 1. The Balaban J connectivity index is 4.48. The zero-order valence-electron chi connectivity index (χ0n) is 10.8. The number of hydrogen-bond acceptors (Lipinski definition) is 4. The lowest BCUT2D eigenvalue weighted by molar-refractivity contribution is -0.873. The van der Waals surface area contributed by atoms with Crippen molar-refractivity contribution in [1.29, 1.82) is 0 Å². The van der Waals surface area contributed by atoms with Crippen LogP contribution in [0.1, 0.15) is 13.3 Å². The third-order valence-corrected chi connectivity index (χ3v) is 2.11. The van der Waals surface area contributed by atoms with Crippen molar-refractivity contribution in [3.63, 3.8) is 0 Å². The lowest BCUT2D eigenvalue weighted by Crippen LogP contribution is -2.44. The first kappa shape index (κ1) is 15.9. The first-order chi connectivity index (χ1) is 7.65. The summed E-state index contributed by atoms with van der Waals surface area (Å²) in [6.45, 7) is 1.64. The lowest BCUT2D eigenvalue weighted by atomic mass is 10.2. The van der Waals surface area contributed by atoms with Crippen molar-refractivity contribution < 1.29 is 29.0 Å². The van der Waals surface area contributed by atoms with Crippen LogP contribution in [0.25, 0.3) is 0 Å². The molecule has 0 saturated carbocycles. The van der Waals surface area contributed by atoms with Gasteiger partial charge in [0.1, 0.15) is 6.54 Å². The molecule has 0 bridgehead atoms. The number of likely N-dealkylation sites (N-methyl/N-ethyl adjacent to an activating group) is 1. The van der Waals surface area contributed by atoms with Crippen LogP contribution in [-0.4, -0.2) is 67.0 Å². The van der Waals surface area contributed by atoms with Gasteiger partial charge in [-0.3, -0.25) is 9.59 Å². The van der Waals surface area contributed by atoms with Gasteiger partial charge in [0.25, 0.3) is 0 Å². The van der Waals surface area contributed by atoms with Gasteiger partial charge in [-0.2, -0.15) is 0 Å². The van der Waals surface area contributed by atoms with Crippen LogP contribution in [0, 0.1) is 5.92 Å². The number of esters is 1. The van der Waals surface area contributed by atoms with Crippen molar-refractivity contribution in [2.24, 2.45) is 5.92 Å². The highest BCUT2D eigenvalue weighted by Crippen LogP contribution is 2.08. The number of rotatable bonds is 7. The summed E-state index contributed by atoms with van der Waals surface area (Å²) in [7, 11) is 5.66. The molecule has 0 aromatic carbocycles. The van der Waals surface area contributed by atoms with E-state index in [1.165, 1.54) is 6.92 Å². The topological polar surface area (TPSA) is 83.8 Å². The fraction of sp³-hybridized carbons (Fsp3) is 0.818. The third kappa shape index (κ3) is 7.70. The zero-order valence-corrected chi connectivity index (χ0v) is 10.8. The molecule has 0 fully saturated rings. The van der Waals surface area contributed by atoms with Crippen LogP contribution in [0.3, 0.4) is 0 Å². The number of carbonyl (C=O) groups is 2. The van der Waals surface area contributed by atoms with Gasteiger partial charge in [0.15, 0.2) is 6.10 Å². The van der Waals surface area contributed by atoms with E-state index in [0.717, 1.165) is 0 Å². The third-order valence-electron chi connectivity index (χ3n) is 2.11. The van der Waals surface area contributed by atoms with E-state index >= 15 is 0 Å². The molecule has 0 rings (SSSR count). The second-order valence-corrected chi connectivity index (χ2v) is 5.21.